The molecule has 4 heteroatoms. The van der Waals surface area contributed by atoms with Crippen LogP contribution >= 0.6 is 23.1 Å². The van der Waals surface area contributed by atoms with Crippen LogP contribution in [0.4, 0.5) is 0 Å². The highest BCUT2D eigenvalue weighted by atomic mass is 79.9. The van der Waals surface area contributed by atoms with Crippen molar-refractivity contribution in [1.82, 2.24) is 4.98 Å². The molecule has 0 saturated heterocycles. The third-order valence-corrected chi connectivity index (χ3v) is 4.71. The van der Waals surface area contributed by atoms with E-state index in [0.29, 0.717) is 0 Å². The van der Waals surface area contributed by atoms with Crippen LogP contribution in [0.2, 0.25) is 0 Å². The average molecular weight is 262 g/mol. The van der Waals surface area contributed by atoms with Gasteiger partial charge < -0.3 is 4.57 Å². The van der Waals surface area contributed by atoms with Crippen molar-refractivity contribution in [3.05, 3.63) is 28.5 Å². The summed E-state index contributed by atoms with van der Waals surface area (Å²) in [6.45, 7) is 5.54. The van der Waals surface area contributed by atoms with Gasteiger partial charge >= 0.3 is 0 Å². The molecule has 0 amide bonds. The van der Waals surface area contributed by atoms with Crippen LogP contribution in [0.15, 0.2) is 22.8 Å². The summed E-state index contributed by atoms with van der Waals surface area (Å²) in [6, 6.07) is 3.84. The number of halogens is 1. The van der Waals surface area contributed by atoms with E-state index in [1.165, 1.54) is 0 Å². The maximum absolute atomic E-state index is 11.7. The summed E-state index contributed by atoms with van der Waals surface area (Å²) in [5, 5.41) is 0. The van der Waals surface area contributed by atoms with Gasteiger partial charge in [0.25, 0.3) is 0 Å². The number of hydrogen-bond acceptors (Lipinski definition) is 2. The lowest BCUT2D eigenvalue weighted by Crippen LogP contribution is -1.96. The van der Waals surface area contributed by atoms with E-state index in [-0.39, 0.29) is 5.66 Å². The van der Waals surface area contributed by atoms with E-state index < -0.39 is 7.14 Å². The van der Waals surface area contributed by atoms with Crippen LogP contribution in [0.5, 0.6) is 0 Å². The number of nitrogens with zero attached hydrogens (tertiary/aromatic N) is 1. The zero-order valence-electron chi connectivity index (χ0n) is 7.99. The predicted molar refractivity (Wildman–Crippen MR) is 59.8 cm³/mol. The molecule has 1 aromatic rings. The Hall–Kier alpha value is -0.140. The van der Waals surface area contributed by atoms with E-state index in [4.69, 9.17) is 0 Å². The van der Waals surface area contributed by atoms with Crippen LogP contribution in [0.3, 0.4) is 0 Å². The van der Waals surface area contributed by atoms with Gasteiger partial charge in [0.1, 0.15) is 0 Å². The minimum absolute atomic E-state index is 0.0422. The molecule has 0 aliphatic carbocycles. The Balaban J connectivity index is 2.97. The summed E-state index contributed by atoms with van der Waals surface area (Å²) >= 11 is 3.31. The van der Waals surface area contributed by atoms with Crippen molar-refractivity contribution in [2.24, 2.45) is 0 Å². The van der Waals surface area contributed by atoms with Gasteiger partial charge in [0.15, 0.2) is 0 Å². The zero-order valence-corrected chi connectivity index (χ0v) is 10.5. The van der Waals surface area contributed by atoms with E-state index in [9.17, 15) is 4.57 Å². The second-order valence-corrected chi connectivity index (χ2v) is 8.07. The smallest absolute Gasteiger partial charge is 0.0902 e. The van der Waals surface area contributed by atoms with Crippen molar-refractivity contribution in [2.45, 2.75) is 12.6 Å². The lowest BCUT2D eigenvalue weighted by atomic mass is 10.3. The molecule has 1 aromatic heterocycles. The minimum Gasteiger partial charge on any atom is -0.323 e. The van der Waals surface area contributed by atoms with Crippen molar-refractivity contribution in [3.63, 3.8) is 0 Å². The highest BCUT2D eigenvalue weighted by Gasteiger charge is 2.20. The Bertz CT molecular complexity index is 330. The second kappa shape index (κ2) is 3.93. The molecule has 13 heavy (non-hydrogen) atoms. The molecule has 0 spiro atoms. The molecule has 1 rings (SSSR count). The molecule has 0 saturated carbocycles. The third kappa shape index (κ3) is 2.92. The van der Waals surface area contributed by atoms with Crippen LogP contribution in [0, 0.1) is 0 Å². The molecule has 0 N–H and O–H groups in total. The Morgan fingerprint density at radius 3 is 2.46 bits per heavy atom. The molecule has 1 unspecified atom stereocenters. The van der Waals surface area contributed by atoms with E-state index in [1.807, 2.05) is 19.1 Å². The van der Waals surface area contributed by atoms with E-state index in [0.717, 1.165) is 10.2 Å². The SMILES string of the molecule is CC(c1ccc(Br)cn1)P(C)(C)=O. The number of rotatable bonds is 2. The molecule has 1 atom stereocenters. The average Bonchev–Trinajstić information content (AvgIpc) is 2.03. The fourth-order valence-corrected chi connectivity index (χ4v) is 1.98. The monoisotopic (exact) mass is 261 g/mol. The molecular weight excluding hydrogens is 249 g/mol. The van der Waals surface area contributed by atoms with Crippen molar-refractivity contribution in [3.8, 4) is 0 Å². The fraction of sp³-hybridized carbons (Fsp3) is 0.444. The van der Waals surface area contributed by atoms with Crippen LogP contribution in [0.1, 0.15) is 18.3 Å². The van der Waals surface area contributed by atoms with Crippen LogP contribution in [0.25, 0.3) is 0 Å². The summed E-state index contributed by atoms with van der Waals surface area (Å²) in [5.41, 5.74) is 0.942. The summed E-state index contributed by atoms with van der Waals surface area (Å²) < 4.78 is 12.7. The first-order valence-electron chi connectivity index (χ1n) is 4.07. The maximum Gasteiger partial charge on any atom is 0.0902 e. The van der Waals surface area contributed by atoms with Gasteiger partial charge in [0, 0.05) is 10.7 Å². The van der Waals surface area contributed by atoms with Crippen molar-refractivity contribution < 1.29 is 4.57 Å². The summed E-state index contributed by atoms with van der Waals surface area (Å²) in [6.07, 6.45) is 1.74. The molecule has 0 radical (unpaired) electrons. The van der Waals surface area contributed by atoms with Gasteiger partial charge in [0.2, 0.25) is 0 Å². The Morgan fingerprint density at radius 2 is 2.08 bits per heavy atom. The zero-order chi connectivity index (χ0) is 10.1. The largest absolute Gasteiger partial charge is 0.323 e. The lowest BCUT2D eigenvalue weighted by Gasteiger charge is -2.15. The van der Waals surface area contributed by atoms with Crippen molar-refractivity contribution in [2.75, 3.05) is 13.3 Å². The maximum atomic E-state index is 11.7. The summed E-state index contributed by atoms with van der Waals surface area (Å²) in [5.74, 6) is 0. The van der Waals surface area contributed by atoms with Crippen LogP contribution in [-0.2, 0) is 4.57 Å². The second-order valence-electron chi connectivity index (χ2n) is 3.51. The molecule has 0 fully saturated rings. The topological polar surface area (TPSA) is 30.0 Å². The highest BCUT2D eigenvalue weighted by molar-refractivity contribution is 9.10. The quantitative estimate of drug-likeness (QED) is 0.763. The molecule has 0 bridgehead atoms. The molecule has 2 nitrogen and oxygen atoms in total. The lowest BCUT2D eigenvalue weighted by molar-refractivity contribution is 0.575. The normalized spacial score (nSPS) is 14.2. The van der Waals surface area contributed by atoms with Gasteiger partial charge in [-0.2, -0.15) is 0 Å². The first kappa shape index (κ1) is 10.9. The van der Waals surface area contributed by atoms with E-state index >= 15 is 0 Å². The number of pyridine rings is 1. The molecule has 1 heterocycles. The molecule has 0 aromatic carbocycles. The third-order valence-electron chi connectivity index (χ3n) is 2.11. The molecular formula is C9H13BrNOP. The summed E-state index contributed by atoms with van der Waals surface area (Å²) in [4.78, 5) is 4.23. The summed E-state index contributed by atoms with van der Waals surface area (Å²) in [7, 11) is -2.07. The Labute approximate surface area is 87.3 Å². The standard InChI is InChI=1S/C9H13BrNOP/c1-7(13(2,3)12)9-5-4-8(10)6-11-9/h4-7H,1-3H3. The van der Waals surface area contributed by atoms with Gasteiger partial charge in [-0.3, -0.25) is 4.98 Å². The van der Waals surface area contributed by atoms with E-state index in [2.05, 4.69) is 20.9 Å². The first-order chi connectivity index (χ1) is 5.91. The van der Waals surface area contributed by atoms with Crippen LogP contribution in [-0.4, -0.2) is 18.3 Å². The number of hydrogen-bond donors (Lipinski definition) is 0. The predicted octanol–water partition coefficient (Wildman–Crippen LogP) is 3.53. The van der Waals surface area contributed by atoms with Crippen LogP contribution < -0.4 is 0 Å². The van der Waals surface area contributed by atoms with Gasteiger partial charge in [-0.25, -0.2) is 0 Å². The molecule has 72 valence electrons. The van der Waals surface area contributed by atoms with Crippen molar-refractivity contribution in [1.29, 1.82) is 0 Å². The van der Waals surface area contributed by atoms with Gasteiger partial charge in [-0.05, 0) is 48.3 Å². The van der Waals surface area contributed by atoms with Gasteiger partial charge in [-0.1, -0.05) is 0 Å². The molecule has 0 aliphatic rings. The Kier molecular flexibility index (Phi) is 3.31. The van der Waals surface area contributed by atoms with Gasteiger partial charge in [0.05, 0.1) is 18.5 Å². The molecule has 0 aliphatic heterocycles. The van der Waals surface area contributed by atoms with Gasteiger partial charge in [-0.15, -0.1) is 0 Å². The van der Waals surface area contributed by atoms with E-state index in [1.54, 1.807) is 19.5 Å². The van der Waals surface area contributed by atoms with Crippen molar-refractivity contribution >= 4 is 23.1 Å². The fourth-order valence-electron chi connectivity index (χ4n) is 0.953. The highest BCUT2D eigenvalue weighted by Crippen LogP contribution is 2.51. The number of aromatic nitrogens is 1. The Morgan fingerprint density at radius 1 is 1.46 bits per heavy atom. The first-order valence-corrected chi connectivity index (χ1v) is 7.53. The minimum atomic E-state index is -2.07.